The highest BCUT2D eigenvalue weighted by atomic mass is 16.2. The molecule has 1 saturated carbocycles. The van der Waals surface area contributed by atoms with Gasteiger partial charge in [-0.2, -0.15) is 0 Å². The maximum absolute atomic E-state index is 12.5. The monoisotopic (exact) mass is 411 g/mol. The van der Waals surface area contributed by atoms with Gasteiger partial charge in [-0.25, -0.2) is 0 Å². The fourth-order valence-electron chi connectivity index (χ4n) is 3.61. The van der Waals surface area contributed by atoms with Gasteiger partial charge < -0.3 is 15.5 Å². The summed E-state index contributed by atoms with van der Waals surface area (Å²) in [4.78, 5) is 38.5. The van der Waals surface area contributed by atoms with Crippen molar-refractivity contribution < 1.29 is 14.4 Å². The van der Waals surface area contributed by atoms with Crippen LogP contribution < -0.4 is 10.6 Å². The van der Waals surface area contributed by atoms with Gasteiger partial charge >= 0.3 is 0 Å². The number of carbonyl (C=O) groups excluding carboxylic acids is 3. The van der Waals surface area contributed by atoms with Crippen LogP contribution in [0.1, 0.15) is 67.8 Å². The number of nitrogens with zero attached hydrogens (tertiary/aromatic N) is 1. The summed E-state index contributed by atoms with van der Waals surface area (Å²) in [5.74, 6) is 0.0577. The molecule has 6 heteroatoms. The zero-order chi connectivity index (χ0) is 21.3. The van der Waals surface area contributed by atoms with Crippen LogP contribution in [0, 0.1) is 5.92 Å². The number of amides is 3. The Morgan fingerprint density at radius 3 is 2.37 bits per heavy atom. The third kappa shape index (κ3) is 6.71. The van der Waals surface area contributed by atoms with E-state index in [-0.39, 0.29) is 23.6 Å². The van der Waals surface area contributed by atoms with Crippen molar-refractivity contribution in [1.29, 1.82) is 0 Å². The molecule has 0 radical (unpaired) electrons. The topological polar surface area (TPSA) is 78.5 Å². The maximum Gasteiger partial charge on any atom is 0.251 e. The Morgan fingerprint density at radius 1 is 1.03 bits per heavy atom. The maximum atomic E-state index is 12.5. The zero-order valence-electron chi connectivity index (χ0n) is 17.9. The van der Waals surface area contributed by atoms with E-state index in [0.717, 1.165) is 44.2 Å². The van der Waals surface area contributed by atoms with E-state index in [0.29, 0.717) is 37.5 Å². The van der Waals surface area contributed by atoms with E-state index >= 15 is 0 Å². The summed E-state index contributed by atoms with van der Waals surface area (Å²) in [5, 5.41) is 5.98. The number of carbonyl (C=O) groups is 3. The second-order valence-electron chi connectivity index (χ2n) is 8.30. The summed E-state index contributed by atoms with van der Waals surface area (Å²) < 4.78 is 0. The van der Waals surface area contributed by atoms with Crippen molar-refractivity contribution in [3.63, 3.8) is 0 Å². The van der Waals surface area contributed by atoms with Crippen molar-refractivity contribution in [1.82, 2.24) is 15.5 Å². The molecule has 30 heavy (non-hydrogen) atoms. The number of benzene rings is 1. The highest BCUT2D eigenvalue weighted by Gasteiger charge is 2.26. The van der Waals surface area contributed by atoms with Crippen LogP contribution in [0.15, 0.2) is 30.3 Å². The number of piperidine rings is 1. The number of hydrogen-bond donors (Lipinski definition) is 2. The molecule has 1 saturated heterocycles. The predicted octanol–water partition coefficient (Wildman–Crippen LogP) is 3.14. The first-order chi connectivity index (χ1) is 14.6. The van der Waals surface area contributed by atoms with E-state index < -0.39 is 0 Å². The Labute approximate surface area is 179 Å². The van der Waals surface area contributed by atoms with E-state index in [9.17, 15) is 14.4 Å². The fourth-order valence-corrected chi connectivity index (χ4v) is 3.61. The van der Waals surface area contributed by atoms with Crippen molar-refractivity contribution in [2.24, 2.45) is 5.92 Å². The van der Waals surface area contributed by atoms with Crippen LogP contribution in [0.5, 0.6) is 0 Å². The molecule has 6 nitrogen and oxygen atoms in total. The van der Waals surface area contributed by atoms with E-state index in [1.165, 1.54) is 0 Å². The minimum absolute atomic E-state index is 0.00832. The summed E-state index contributed by atoms with van der Waals surface area (Å²) >= 11 is 0. The molecule has 1 heterocycles. The van der Waals surface area contributed by atoms with Crippen molar-refractivity contribution in [3.8, 4) is 0 Å². The normalized spacial score (nSPS) is 17.2. The highest BCUT2D eigenvalue weighted by Crippen LogP contribution is 2.20. The van der Waals surface area contributed by atoms with Gasteiger partial charge in [0.1, 0.15) is 0 Å². The van der Waals surface area contributed by atoms with Crippen LogP contribution in [0.2, 0.25) is 0 Å². The number of hydrogen-bond acceptors (Lipinski definition) is 3. The molecule has 0 unspecified atom stereocenters. The lowest BCUT2D eigenvalue weighted by Crippen LogP contribution is -2.42. The smallest absolute Gasteiger partial charge is 0.251 e. The Hall–Kier alpha value is -2.63. The molecule has 3 rings (SSSR count). The molecule has 0 spiro atoms. The Kier molecular flexibility index (Phi) is 8.05. The van der Waals surface area contributed by atoms with Gasteiger partial charge in [-0.15, -0.1) is 0 Å². The van der Waals surface area contributed by atoms with Crippen LogP contribution in [0.3, 0.4) is 0 Å². The summed E-state index contributed by atoms with van der Waals surface area (Å²) in [6, 6.07) is 7.60. The van der Waals surface area contributed by atoms with Crippen LogP contribution in [-0.4, -0.2) is 48.3 Å². The molecule has 2 aliphatic rings. The zero-order valence-corrected chi connectivity index (χ0v) is 17.9. The van der Waals surface area contributed by atoms with Gasteiger partial charge in [-0.1, -0.05) is 31.9 Å². The number of nitrogens with one attached hydrogen (secondary N) is 2. The van der Waals surface area contributed by atoms with Crippen LogP contribution in [0.4, 0.5) is 0 Å². The third-order valence-corrected chi connectivity index (χ3v) is 5.76. The summed E-state index contributed by atoms with van der Waals surface area (Å²) in [6.07, 6.45) is 10.2. The molecular formula is C24H33N3O3. The molecule has 0 aromatic heterocycles. The lowest BCUT2D eigenvalue weighted by Gasteiger charge is -2.30. The first kappa shape index (κ1) is 22.1. The van der Waals surface area contributed by atoms with E-state index in [1.807, 2.05) is 12.1 Å². The van der Waals surface area contributed by atoms with E-state index in [2.05, 4.69) is 17.6 Å². The van der Waals surface area contributed by atoms with Gasteiger partial charge in [0.15, 0.2) is 0 Å². The van der Waals surface area contributed by atoms with Gasteiger partial charge in [-0.05, 0) is 55.9 Å². The largest absolute Gasteiger partial charge is 0.356 e. The SMILES string of the molecule is CCCCCNC(=O)C1CCN(C(=O)/C=C/c2ccc(C(=O)NC3CC3)cc2)CC1. The quantitative estimate of drug-likeness (QED) is 0.484. The lowest BCUT2D eigenvalue weighted by atomic mass is 9.95. The van der Waals surface area contributed by atoms with Crippen molar-refractivity contribution in [2.75, 3.05) is 19.6 Å². The van der Waals surface area contributed by atoms with E-state index in [4.69, 9.17) is 0 Å². The summed E-state index contributed by atoms with van der Waals surface area (Å²) in [5.41, 5.74) is 1.52. The summed E-state index contributed by atoms with van der Waals surface area (Å²) in [6.45, 7) is 4.11. The molecule has 0 bridgehead atoms. The minimum Gasteiger partial charge on any atom is -0.356 e. The van der Waals surface area contributed by atoms with E-state index in [1.54, 1.807) is 29.2 Å². The average Bonchev–Trinajstić information content (AvgIpc) is 3.59. The van der Waals surface area contributed by atoms with Gasteiger partial charge in [0.25, 0.3) is 5.91 Å². The second kappa shape index (κ2) is 11.0. The number of likely N-dealkylation sites (tertiary alicyclic amines) is 1. The third-order valence-electron chi connectivity index (χ3n) is 5.76. The van der Waals surface area contributed by atoms with Crippen molar-refractivity contribution in [3.05, 3.63) is 41.5 Å². The molecule has 2 fully saturated rings. The number of unbranched alkanes of at least 4 members (excludes halogenated alkanes) is 2. The Morgan fingerprint density at radius 2 is 1.73 bits per heavy atom. The standard InChI is InChI=1S/C24H33N3O3/c1-2-3-4-15-25-23(29)20-13-16-27(17-14-20)22(28)12-7-18-5-8-19(9-6-18)24(30)26-21-10-11-21/h5-9,12,20-21H,2-4,10-11,13-17H2,1H3,(H,25,29)(H,26,30)/b12-7+. The highest BCUT2D eigenvalue weighted by molar-refractivity contribution is 5.95. The van der Waals surface area contributed by atoms with Gasteiger partial charge in [0.2, 0.25) is 11.8 Å². The average molecular weight is 412 g/mol. The molecule has 1 aliphatic heterocycles. The van der Waals surface area contributed by atoms with Crippen molar-refractivity contribution >= 4 is 23.8 Å². The van der Waals surface area contributed by atoms with Crippen LogP contribution in [-0.2, 0) is 9.59 Å². The first-order valence-electron chi connectivity index (χ1n) is 11.2. The van der Waals surface area contributed by atoms with Gasteiger partial charge in [0.05, 0.1) is 0 Å². The summed E-state index contributed by atoms with van der Waals surface area (Å²) in [7, 11) is 0. The predicted molar refractivity (Wildman–Crippen MR) is 118 cm³/mol. The fraction of sp³-hybridized carbons (Fsp3) is 0.542. The molecule has 2 N–H and O–H groups in total. The van der Waals surface area contributed by atoms with Crippen LogP contribution >= 0.6 is 0 Å². The number of rotatable bonds is 9. The minimum atomic E-state index is -0.0404. The Balaban J connectivity index is 1.41. The molecular weight excluding hydrogens is 378 g/mol. The molecule has 1 aromatic carbocycles. The second-order valence-corrected chi connectivity index (χ2v) is 8.30. The molecule has 162 valence electrons. The Bertz CT molecular complexity index is 760. The molecule has 1 aliphatic carbocycles. The lowest BCUT2D eigenvalue weighted by molar-refractivity contribution is -0.132. The van der Waals surface area contributed by atoms with Crippen molar-refractivity contribution in [2.45, 2.75) is 57.9 Å². The molecule has 3 amide bonds. The van der Waals surface area contributed by atoms with Gasteiger partial charge in [0, 0.05) is 43.2 Å². The molecule has 0 atom stereocenters. The van der Waals surface area contributed by atoms with Crippen LogP contribution in [0.25, 0.3) is 6.08 Å². The first-order valence-corrected chi connectivity index (χ1v) is 11.2. The van der Waals surface area contributed by atoms with Gasteiger partial charge in [-0.3, -0.25) is 14.4 Å². The molecule has 1 aromatic rings.